The lowest BCUT2D eigenvalue weighted by molar-refractivity contribution is -0.359. The maximum absolute atomic E-state index is 13.3. The van der Waals surface area contributed by atoms with Crippen molar-refractivity contribution in [2.45, 2.75) is 344 Å². The summed E-state index contributed by atoms with van der Waals surface area (Å²) < 4.78 is 22.8. The molecule has 1 amide bonds. The van der Waals surface area contributed by atoms with E-state index in [0.717, 1.165) is 64.2 Å². The third kappa shape index (κ3) is 34.6. The summed E-state index contributed by atoms with van der Waals surface area (Å²) in [4.78, 5) is 13.3. The number of hydrogen-bond acceptors (Lipinski definition) is 13. The van der Waals surface area contributed by atoms with E-state index < -0.39 is 86.8 Å². The van der Waals surface area contributed by atoms with Crippen molar-refractivity contribution in [1.29, 1.82) is 0 Å². The van der Waals surface area contributed by atoms with Crippen LogP contribution in [0.15, 0.2) is 36.5 Å². The standard InChI is InChI=1S/C64H119NO13/c1-3-5-7-9-11-13-15-16-17-18-19-20-21-22-23-24-25-26-27-28-29-30-31-32-33-34-35-36-38-40-42-44-46-48-56(69)65-52(53(68)47-45-43-41-39-37-14-12-10-8-6-4-2)51-75-63-61(74)59(72)62(55(50-67)77-63)78-64-60(73)58(71)57(70)54(49-66)76-64/h15-16,18-19,21-22,52-55,57-64,66-68,70-74H,3-14,17,20,23-51H2,1-2H3,(H,65,69)/b16-15-,19-18-,22-21-. The van der Waals surface area contributed by atoms with Crippen LogP contribution in [-0.4, -0.2) is 140 Å². The van der Waals surface area contributed by atoms with Crippen molar-refractivity contribution < 1.29 is 64.6 Å². The fourth-order valence-corrected chi connectivity index (χ4v) is 10.7. The van der Waals surface area contributed by atoms with Crippen molar-refractivity contribution in [3.63, 3.8) is 0 Å². The van der Waals surface area contributed by atoms with Gasteiger partial charge in [-0.25, -0.2) is 0 Å². The predicted molar refractivity (Wildman–Crippen MR) is 314 cm³/mol. The summed E-state index contributed by atoms with van der Waals surface area (Å²) in [6, 6.07) is -0.826. The number of nitrogens with one attached hydrogen (secondary N) is 1. The van der Waals surface area contributed by atoms with Crippen LogP contribution in [0, 0.1) is 0 Å². The average molecular weight is 1110 g/mol. The van der Waals surface area contributed by atoms with Crippen molar-refractivity contribution in [3.8, 4) is 0 Å². The summed E-state index contributed by atoms with van der Waals surface area (Å²) in [5.41, 5.74) is 0. The first-order valence-corrected chi connectivity index (χ1v) is 32.2. The molecule has 0 aromatic carbocycles. The zero-order chi connectivity index (χ0) is 56.7. The van der Waals surface area contributed by atoms with Crippen LogP contribution in [0.25, 0.3) is 0 Å². The lowest BCUT2D eigenvalue weighted by Crippen LogP contribution is -2.65. The second-order valence-electron chi connectivity index (χ2n) is 22.9. The second-order valence-corrected chi connectivity index (χ2v) is 22.9. The summed E-state index contributed by atoms with van der Waals surface area (Å²) in [7, 11) is 0. The lowest BCUT2D eigenvalue weighted by Gasteiger charge is -2.46. The van der Waals surface area contributed by atoms with E-state index in [0.29, 0.717) is 12.8 Å². The van der Waals surface area contributed by atoms with Crippen LogP contribution in [0.4, 0.5) is 0 Å². The smallest absolute Gasteiger partial charge is 0.220 e. The fourth-order valence-electron chi connectivity index (χ4n) is 10.7. The van der Waals surface area contributed by atoms with Crippen LogP contribution in [0.5, 0.6) is 0 Å². The van der Waals surface area contributed by atoms with E-state index in [4.69, 9.17) is 18.9 Å². The third-order valence-corrected chi connectivity index (χ3v) is 15.9. The summed E-state index contributed by atoms with van der Waals surface area (Å²) in [5.74, 6) is -0.205. The first-order valence-electron chi connectivity index (χ1n) is 32.2. The molecule has 12 unspecified atom stereocenters. The molecule has 0 aliphatic carbocycles. The Kier molecular flexibility index (Phi) is 46.2. The molecular formula is C64H119NO13. The molecule has 2 fully saturated rings. The molecule has 12 atom stereocenters. The van der Waals surface area contributed by atoms with Gasteiger partial charge in [0.15, 0.2) is 12.6 Å². The Morgan fingerprint density at radius 3 is 1.29 bits per heavy atom. The van der Waals surface area contributed by atoms with Gasteiger partial charge in [0.2, 0.25) is 5.91 Å². The van der Waals surface area contributed by atoms with E-state index in [1.165, 1.54) is 180 Å². The molecule has 0 aromatic heterocycles. The minimum Gasteiger partial charge on any atom is -0.394 e. The highest BCUT2D eigenvalue weighted by atomic mass is 16.7. The van der Waals surface area contributed by atoms with Crippen molar-refractivity contribution in [1.82, 2.24) is 5.32 Å². The molecule has 458 valence electrons. The van der Waals surface area contributed by atoms with Gasteiger partial charge in [-0.2, -0.15) is 0 Å². The van der Waals surface area contributed by atoms with Gasteiger partial charge in [-0.15, -0.1) is 0 Å². The van der Waals surface area contributed by atoms with E-state index >= 15 is 0 Å². The Hall–Kier alpha value is -1.79. The molecule has 0 aromatic rings. The maximum atomic E-state index is 13.3. The van der Waals surface area contributed by atoms with Crippen molar-refractivity contribution in [2.24, 2.45) is 0 Å². The summed E-state index contributed by atoms with van der Waals surface area (Å²) in [6.45, 7) is 2.85. The predicted octanol–water partition coefficient (Wildman–Crippen LogP) is 11.8. The van der Waals surface area contributed by atoms with E-state index in [-0.39, 0.29) is 12.5 Å². The molecule has 0 radical (unpaired) electrons. The first kappa shape index (κ1) is 72.3. The quantitative estimate of drug-likeness (QED) is 0.0204. The molecule has 0 saturated carbocycles. The van der Waals surface area contributed by atoms with Crippen molar-refractivity contribution in [3.05, 3.63) is 36.5 Å². The SMILES string of the molecule is CCCCCCC/C=C\C/C=C\C/C=C\CCCCCCCCCCCCCCCCCCCCC(=O)NC(COC1OC(CO)C(OC2OC(CO)C(O)C(O)C2O)C(O)C1O)C(O)CCCCCCCCCCCCC. The van der Waals surface area contributed by atoms with E-state index in [2.05, 4.69) is 55.6 Å². The number of carbonyl (C=O) groups is 1. The number of allylic oxidation sites excluding steroid dienone is 6. The number of ether oxygens (including phenoxy) is 4. The van der Waals surface area contributed by atoms with Crippen LogP contribution >= 0.6 is 0 Å². The minimum atomic E-state index is -1.78. The molecular weight excluding hydrogens is 991 g/mol. The molecule has 0 bridgehead atoms. The second kappa shape index (κ2) is 49.8. The minimum absolute atomic E-state index is 0.205. The van der Waals surface area contributed by atoms with Gasteiger partial charge >= 0.3 is 0 Å². The van der Waals surface area contributed by atoms with E-state index in [1.54, 1.807) is 0 Å². The Balaban J connectivity index is 1.60. The molecule has 9 N–H and O–H groups in total. The van der Waals surface area contributed by atoms with Gasteiger partial charge in [0.25, 0.3) is 0 Å². The average Bonchev–Trinajstić information content (AvgIpc) is 3.47. The molecule has 2 saturated heterocycles. The van der Waals surface area contributed by atoms with E-state index in [9.17, 15) is 45.6 Å². The van der Waals surface area contributed by atoms with Crippen molar-refractivity contribution >= 4 is 5.91 Å². The van der Waals surface area contributed by atoms with Crippen LogP contribution in [-0.2, 0) is 23.7 Å². The zero-order valence-electron chi connectivity index (χ0n) is 49.4. The highest BCUT2D eigenvalue weighted by Crippen LogP contribution is 2.30. The summed E-state index contributed by atoms with van der Waals surface area (Å²) in [6.07, 6.45) is 44.6. The van der Waals surface area contributed by atoms with Crippen molar-refractivity contribution in [2.75, 3.05) is 19.8 Å². The summed E-state index contributed by atoms with van der Waals surface area (Å²) in [5, 5.41) is 87.2. The Labute approximate surface area is 474 Å². The number of amides is 1. The lowest BCUT2D eigenvalue weighted by atomic mass is 9.97. The zero-order valence-corrected chi connectivity index (χ0v) is 49.4. The van der Waals surface area contributed by atoms with Gasteiger partial charge in [0.05, 0.1) is 32.0 Å². The number of carbonyl (C=O) groups excluding carboxylic acids is 1. The number of unbranched alkanes of at least 4 members (excludes halogenated alkanes) is 33. The maximum Gasteiger partial charge on any atom is 0.220 e. The fraction of sp³-hybridized carbons (Fsp3) is 0.891. The van der Waals surface area contributed by atoms with Gasteiger partial charge in [0.1, 0.15) is 48.8 Å². The number of aliphatic hydroxyl groups excluding tert-OH is 8. The number of aliphatic hydroxyl groups is 8. The molecule has 14 nitrogen and oxygen atoms in total. The monoisotopic (exact) mass is 1110 g/mol. The summed E-state index contributed by atoms with van der Waals surface area (Å²) >= 11 is 0. The van der Waals surface area contributed by atoms with Gasteiger partial charge in [0, 0.05) is 6.42 Å². The van der Waals surface area contributed by atoms with Crippen LogP contribution in [0.3, 0.4) is 0 Å². The van der Waals surface area contributed by atoms with Gasteiger partial charge in [-0.3, -0.25) is 4.79 Å². The van der Waals surface area contributed by atoms with Gasteiger partial charge < -0.3 is 65.1 Å². The molecule has 2 rings (SSSR count). The Bertz CT molecular complexity index is 1450. The van der Waals surface area contributed by atoms with Crippen LogP contribution in [0.2, 0.25) is 0 Å². The molecule has 2 aliphatic rings. The Morgan fingerprint density at radius 2 is 0.846 bits per heavy atom. The third-order valence-electron chi connectivity index (χ3n) is 15.9. The molecule has 2 aliphatic heterocycles. The number of hydrogen-bond donors (Lipinski definition) is 9. The van der Waals surface area contributed by atoms with E-state index in [1.807, 2.05) is 0 Å². The molecule has 78 heavy (non-hydrogen) atoms. The van der Waals surface area contributed by atoms with Crippen LogP contribution < -0.4 is 5.32 Å². The normalized spacial score (nSPS) is 24.7. The van der Waals surface area contributed by atoms with Crippen LogP contribution in [0.1, 0.15) is 271 Å². The van der Waals surface area contributed by atoms with Gasteiger partial charge in [-0.1, -0.05) is 249 Å². The molecule has 14 heteroatoms. The molecule has 2 heterocycles. The number of rotatable bonds is 52. The highest BCUT2D eigenvalue weighted by Gasteiger charge is 2.51. The van der Waals surface area contributed by atoms with Gasteiger partial charge in [-0.05, 0) is 51.4 Å². The largest absolute Gasteiger partial charge is 0.394 e. The first-order chi connectivity index (χ1) is 38.1. The Morgan fingerprint density at radius 1 is 0.462 bits per heavy atom. The topological polar surface area (TPSA) is 228 Å². The highest BCUT2D eigenvalue weighted by molar-refractivity contribution is 5.76. The molecule has 0 spiro atoms.